The lowest BCUT2D eigenvalue weighted by atomic mass is 9.47. The van der Waals surface area contributed by atoms with Gasteiger partial charge in [0.25, 0.3) is 0 Å². The third kappa shape index (κ3) is 2.13. The summed E-state index contributed by atoms with van der Waals surface area (Å²) in [4.78, 5) is 2.38. The van der Waals surface area contributed by atoms with E-state index in [1.54, 1.807) is 0 Å². The summed E-state index contributed by atoms with van der Waals surface area (Å²) in [5, 5.41) is 20.6. The van der Waals surface area contributed by atoms with Crippen LogP contribution in [0, 0.1) is 10.8 Å². The Kier molecular flexibility index (Phi) is 3.30. The molecule has 1 saturated heterocycles. The lowest BCUT2D eigenvalue weighted by Gasteiger charge is -2.61. The molecule has 3 nitrogen and oxygen atoms in total. The van der Waals surface area contributed by atoms with Gasteiger partial charge in [-0.25, -0.2) is 0 Å². The number of likely N-dealkylation sites (tertiary alicyclic amines) is 1. The Balaban J connectivity index is 2.06. The monoisotopic (exact) mass is 241 g/mol. The fraction of sp³-hybridized carbons (Fsp3) is 1.00. The number of aliphatic hydroxyl groups excluding tert-OH is 1. The second kappa shape index (κ2) is 4.22. The van der Waals surface area contributed by atoms with Crippen LogP contribution in [0.3, 0.4) is 0 Å². The zero-order valence-corrected chi connectivity index (χ0v) is 11.5. The molecule has 0 bridgehead atoms. The highest BCUT2D eigenvalue weighted by Gasteiger charge is 2.60. The third-order valence-electron chi connectivity index (χ3n) is 5.05. The van der Waals surface area contributed by atoms with Gasteiger partial charge in [-0.05, 0) is 37.6 Å². The fourth-order valence-corrected chi connectivity index (χ4v) is 4.14. The van der Waals surface area contributed by atoms with E-state index in [1.807, 2.05) is 0 Å². The van der Waals surface area contributed by atoms with Crippen molar-refractivity contribution >= 4 is 0 Å². The van der Waals surface area contributed by atoms with Crippen molar-refractivity contribution in [3.63, 3.8) is 0 Å². The van der Waals surface area contributed by atoms with Crippen LogP contribution in [0.1, 0.15) is 46.5 Å². The summed E-state index contributed by atoms with van der Waals surface area (Å²) < 4.78 is 0. The van der Waals surface area contributed by atoms with Crippen molar-refractivity contribution in [3.8, 4) is 0 Å². The van der Waals surface area contributed by atoms with Crippen molar-refractivity contribution < 1.29 is 10.2 Å². The molecule has 0 aromatic rings. The Labute approximate surface area is 105 Å². The molecule has 1 heterocycles. The van der Waals surface area contributed by atoms with Gasteiger partial charge in [-0.1, -0.05) is 20.8 Å². The molecule has 100 valence electrons. The summed E-state index contributed by atoms with van der Waals surface area (Å²) in [6, 6.07) is 0. The molecule has 1 saturated carbocycles. The van der Waals surface area contributed by atoms with Gasteiger partial charge in [0.2, 0.25) is 0 Å². The summed E-state index contributed by atoms with van der Waals surface area (Å²) in [6.45, 7) is 9.76. The number of aliphatic hydroxyl groups is 2. The summed E-state index contributed by atoms with van der Waals surface area (Å²) in [7, 11) is 0. The van der Waals surface area contributed by atoms with E-state index in [1.165, 1.54) is 0 Å². The van der Waals surface area contributed by atoms with Crippen LogP contribution in [-0.4, -0.2) is 47.0 Å². The van der Waals surface area contributed by atoms with Gasteiger partial charge >= 0.3 is 0 Å². The number of rotatable bonds is 3. The maximum atomic E-state index is 10.9. The Bertz CT molecular complexity index is 272. The molecule has 2 fully saturated rings. The summed E-state index contributed by atoms with van der Waals surface area (Å²) in [5.74, 6) is 0. The zero-order valence-electron chi connectivity index (χ0n) is 11.5. The second-order valence-corrected chi connectivity index (χ2v) is 6.92. The second-order valence-electron chi connectivity index (χ2n) is 6.92. The van der Waals surface area contributed by atoms with Gasteiger partial charge in [0.05, 0.1) is 12.2 Å². The zero-order chi connectivity index (χ0) is 12.7. The maximum absolute atomic E-state index is 10.9. The average Bonchev–Trinajstić information content (AvgIpc) is 2.26. The highest BCUT2D eigenvalue weighted by Crippen LogP contribution is 2.61. The Morgan fingerprint density at radius 3 is 2.00 bits per heavy atom. The summed E-state index contributed by atoms with van der Waals surface area (Å²) in [6.07, 6.45) is 3.55. The number of hydrogen-bond acceptors (Lipinski definition) is 3. The van der Waals surface area contributed by atoms with Crippen LogP contribution in [0.25, 0.3) is 0 Å². The molecule has 0 unspecified atom stereocenters. The quantitative estimate of drug-likeness (QED) is 0.789. The van der Waals surface area contributed by atoms with E-state index < -0.39 is 5.60 Å². The molecule has 0 aromatic carbocycles. The first-order valence-corrected chi connectivity index (χ1v) is 6.92. The van der Waals surface area contributed by atoms with Crippen LogP contribution >= 0.6 is 0 Å². The van der Waals surface area contributed by atoms with E-state index in [4.69, 9.17) is 0 Å². The third-order valence-corrected chi connectivity index (χ3v) is 5.05. The SMILES string of the molecule is CCN1CCC(O)(C2(CO)CC(C)(C)C2)CC1. The Morgan fingerprint density at radius 1 is 1.12 bits per heavy atom. The first kappa shape index (κ1) is 13.3. The molecule has 0 aromatic heterocycles. The molecule has 2 rings (SSSR count). The Morgan fingerprint density at radius 2 is 1.65 bits per heavy atom. The highest BCUT2D eigenvalue weighted by atomic mass is 16.3. The van der Waals surface area contributed by atoms with Crippen LogP contribution in [0.5, 0.6) is 0 Å². The van der Waals surface area contributed by atoms with Gasteiger partial charge in [-0.2, -0.15) is 0 Å². The summed E-state index contributed by atoms with van der Waals surface area (Å²) >= 11 is 0. The number of nitrogens with zero attached hydrogens (tertiary/aromatic N) is 1. The normalized spacial score (nSPS) is 30.9. The topological polar surface area (TPSA) is 43.7 Å². The molecule has 1 aliphatic heterocycles. The minimum Gasteiger partial charge on any atom is -0.396 e. The van der Waals surface area contributed by atoms with Crippen LogP contribution in [0.15, 0.2) is 0 Å². The van der Waals surface area contributed by atoms with E-state index in [-0.39, 0.29) is 12.0 Å². The van der Waals surface area contributed by atoms with Crippen molar-refractivity contribution in [2.24, 2.45) is 10.8 Å². The molecule has 0 radical (unpaired) electrons. The van der Waals surface area contributed by atoms with Gasteiger partial charge in [0.1, 0.15) is 0 Å². The van der Waals surface area contributed by atoms with E-state index >= 15 is 0 Å². The Hall–Kier alpha value is -0.120. The highest BCUT2D eigenvalue weighted by molar-refractivity contribution is 5.11. The number of piperidine rings is 1. The molecule has 2 aliphatic rings. The predicted molar refractivity (Wildman–Crippen MR) is 68.8 cm³/mol. The molecule has 3 heteroatoms. The number of hydrogen-bond donors (Lipinski definition) is 2. The molecule has 0 atom stereocenters. The van der Waals surface area contributed by atoms with Crippen molar-refractivity contribution in [1.29, 1.82) is 0 Å². The van der Waals surface area contributed by atoms with Gasteiger partial charge in [-0.3, -0.25) is 0 Å². The van der Waals surface area contributed by atoms with Crippen LogP contribution in [-0.2, 0) is 0 Å². The lowest BCUT2D eigenvalue weighted by Crippen LogP contribution is -2.63. The smallest absolute Gasteiger partial charge is 0.0750 e. The molecule has 2 N–H and O–H groups in total. The van der Waals surface area contributed by atoms with E-state index in [9.17, 15) is 10.2 Å². The van der Waals surface area contributed by atoms with Crippen LogP contribution in [0.2, 0.25) is 0 Å². The predicted octanol–water partition coefficient (Wildman–Crippen LogP) is 1.63. The van der Waals surface area contributed by atoms with E-state index in [2.05, 4.69) is 25.7 Å². The van der Waals surface area contributed by atoms with Crippen molar-refractivity contribution in [3.05, 3.63) is 0 Å². The summed E-state index contributed by atoms with van der Waals surface area (Å²) in [5.41, 5.74) is -0.570. The first-order valence-electron chi connectivity index (χ1n) is 6.92. The molecular weight excluding hydrogens is 214 g/mol. The minimum atomic E-state index is -0.636. The van der Waals surface area contributed by atoms with Crippen LogP contribution in [0.4, 0.5) is 0 Å². The van der Waals surface area contributed by atoms with Crippen molar-refractivity contribution in [1.82, 2.24) is 4.90 Å². The van der Waals surface area contributed by atoms with Crippen molar-refractivity contribution in [2.75, 3.05) is 26.2 Å². The van der Waals surface area contributed by atoms with Crippen molar-refractivity contribution in [2.45, 2.75) is 52.1 Å². The molecular formula is C14H27NO2. The fourth-order valence-electron chi connectivity index (χ4n) is 4.14. The van der Waals surface area contributed by atoms with E-state index in [0.717, 1.165) is 45.3 Å². The molecule has 1 aliphatic carbocycles. The van der Waals surface area contributed by atoms with Gasteiger partial charge in [0.15, 0.2) is 0 Å². The van der Waals surface area contributed by atoms with Gasteiger partial charge < -0.3 is 15.1 Å². The average molecular weight is 241 g/mol. The lowest BCUT2D eigenvalue weighted by molar-refractivity contribution is -0.213. The van der Waals surface area contributed by atoms with Gasteiger partial charge in [0, 0.05) is 18.5 Å². The largest absolute Gasteiger partial charge is 0.396 e. The first-order chi connectivity index (χ1) is 7.86. The molecule has 0 spiro atoms. The standard InChI is InChI=1S/C14H27NO2/c1-4-15-7-5-14(17,6-8-15)13(11-16)9-12(2,3)10-13/h16-17H,4-11H2,1-3H3. The molecule has 17 heavy (non-hydrogen) atoms. The maximum Gasteiger partial charge on any atom is 0.0750 e. The molecule has 0 amide bonds. The minimum absolute atomic E-state index is 0.138. The van der Waals surface area contributed by atoms with E-state index in [0.29, 0.717) is 5.41 Å². The van der Waals surface area contributed by atoms with Gasteiger partial charge in [-0.15, -0.1) is 0 Å². The van der Waals surface area contributed by atoms with Crippen LogP contribution < -0.4 is 0 Å².